The van der Waals surface area contributed by atoms with Crippen LogP contribution in [0.15, 0.2) is 56.9 Å². The average molecular weight is 744 g/mol. The number of aliphatic imine (C=N–C) groups is 1. The molecule has 2 amide bonds. The zero-order chi connectivity index (χ0) is 37.3. The summed E-state index contributed by atoms with van der Waals surface area (Å²) in [5, 5.41) is 3.84. The van der Waals surface area contributed by atoms with Gasteiger partial charge in [0, 0.05) is 36.6 Å². The van der Waals surface area contributed by atoms with Gasteiger partial charge in [-0.15, -0.1) is 0 Å². The Kier molecular flexibility index (Phi) is 10.8. The van der Waals surface area contributed by atoms with Gasteiger partial charge in [-0.3, -0.25) is 24.2 Å². The van der Waals surface area contributed by atoms with Gasteiger partial charge in [0.1, 0.15) is 11.6 Å². The molecule has 3 heterocycles. The molecule has 2 aliphatic heterocycles. The zero-order valence-corrected chi connectivity index (χ0v) is 30.4. The normalized spacial score (nSPS) is 19.9. The van der Waals surface area contributed by atoms with Gasteiger partial charge < -0.3 is 14.2 Å². The quantitative estimate of drug-likeness (QED) is 0.213. The molecule has 1 saturated heterocycles. The van der Waals surface area contributed by atoms with Crippen molar-refractivity contribution in [2.75, 3.05) is 24.4 Å². The Morgan fingerprint density at radius 3 is 2.54 bits per heavy atom. The summed E-state index contributed by atoms with van der Waals surface area (Å²) in [4.78, 5) is 35.4. The molecule has 1 aliphatic carbocycles. The molecule has 0 radical (unpaired) electrons. The second-order valence-corrected chi connectivity index (χ2v) is 15.5. The van der Waals surface area contributed by atoms with Crippen molar-refractivity contribution in [1.82, 2.24) is 15.0 Å². The Labute approximate surface area is 301 Å². The number of anilines is 1. The van der Waals surface area contributed by atoms with Crippen molar-refractivity contribution in [2.24, 2.45) is 10.9 Å². The number of carbonyl (C=O) groups is 2. The first-order valence-electron chi connectivity index (χ1n) is 17.7. The Morgan fingerprint density at radius 2 is 1.85 bits per heavy atom. The molecule has 2 aromatic carbocycles. The summed E-state index contributed by atoms with van der Waals surface area (Å²) in [5.74, 6) is 0.101. The maximum atomic E-state index is 14.3. The van der Waals surface area contributed by atoms with Crippen LogP contribution in [0.3, 0.4) is 0 Å². The number of carbonyl (C=O) groups excluding carboxylic acids is 2. The first kappa shape index (κ1) is 37.5. The fourth-order valence-corrected chi connectivity index (χ4v) is 8.67. The number of nitrogens with one attached hydrogen (secondary N) is 1. The van der Waals surface area contributed by atoms with Crippen molar-refractivity contribution in [1.29, 1.82) is 0 Å². The van der Waals surface area contributed by atoms with E-state index in [2.05, 4.69) is 9.88 Å². The molecule has 280 valence electrons. The molecule has 3 aliphatic rings. The molecule has 15 heteroatoms. The van der Waals surface area contributed by atoms with E-state index in [9.17, 15) is 31.2 Å². The Hall–Kier alpha value is -4.24. The number of amides is 2. The van der Waals surface area contributed by atoms with Gasteiger partial charge in [0.2, 0.25) is 5.91 Å². The molecule has 52 heavy (non-hydrogen) atoms. The van der Waals surface area contributed by atoms with E-state index in [1.165, 1.54) is 11.0 Å². The maximum absolute atomic E-state index is 14.3. The highest BCUT2D eigenvalue weighted by Gasteiger charge is 2.52. The fourth-order valence-electron chi connectivity index (χ4n) is 7.39. The summed E-state index contributed by atoms with van der Waals surface area (Å²) in [6.07, 6.45) is -1.64. The van der Waals surface area contributed by atoms with Gasteiger partial charge >= 0.3 is 6.18 Å². The molecular weight excluding hydrogens is 699 g/mol. The third kappa shape index (κ3) is 7.89. The van der Waals surface area contributed by atoms with E-state index in [1.807, 2.05) is 6.92 Å². The fraction of sp³-hybridized carbons (Fsp3) is 0.514. The van der Waals surface area contributed by atoms with Gasteiger partial charge in [-0.1, -0.05) is 54.4 Å². The van der Waals surface area contributed by atoms with Crippen LogP contribution in [-0.4, -0.2) is 72.4 Å². The van der Waals surface area contributed by atoms with Crippen molar-refractivity contribution in [2.45, 2.75) is 102 Å². The number of nitrogens with zero attached hydrogens (tertiary/aromatic N) is 4. The van der Waals surface area contributed by atoms with Crippen LogP contribution < -0.4 is 4.72 Å². The Balaban J connectivity index is 1.31. The van der Waals surface area contributed by atoms with Gasteiger partial charge in [-0.05, 0) is 69.2 Å². The number of amidine groups is 1. The van der Waals surface area contributed by atoms with E-state index >= 15 is 0 Å². The number of hydrogen-bond donors (Lipinski definition) is 1. The van der Waals surface area contributed by atoms with E-state index in [0.29, 0.717) is 59.6 Å². The first-order valence-corrected chi connectivity index (χ1v) is 19.2. The standard InChI is InChI=1S/C37H44F3N5O6S/c1-4-50-22-28-20-26(14-15-29(28)30-12-7-8-13-31(30)52(48,49)43-33-24(2)25(3)51-42-33)21-45-32(16-18-37(38,39)40)41-36(35(45)47)17-9-19-44(23-36)34(46)27-10-5-6-11-27/h7-8,12-15,20,27H,4-6,9-11,16-19,21-23H2,1-3H3,(H,42,43)/t36-/m1/s1. The largest absolute Gasteiger partial charge is 0.389 e. The number of piperidine rings is 1. The highest BCUT2D eigenvalue weighted by molar-refractivity contribution is 7.92. The SMILES string of the molecule is CCOCc1cc(CN2C(=O)[C@]3(CCCN(C(=O)C4CCCC4)C3)N=C2CCC(F)(F)F)ccc1-c1ccccc1S(=O)(=O)Nc1noc(C)c1C. The minimum Gasteiger partial charge on any atom is -0.377 e. The average Bonchev–Trinajstić information content (AvgIpc) is 3.83. The molecule has 1 aromatic heterocycles. The molecule has 1 N–H and O–H groups in total. The number of likely N-dealkylation sites (tertiary alicyclic amines) is 1. The Morgan fingerprint density at radius 1 is 1.10 bits per heavy atom. The predicted molar refractivity (Wildman–Crippen MR) is 188 cm³/mol. The third-order valence-corrected chi connectivity index (χ3v) is 11.6. The number of halogens is 3. The van der Waals surface area contributed by atoms with E-state index in [1.54, 1.807) is 55.1 Å². The summed E-state index contributed by atoms with van der Waals surface area (Å²) in [6.45, 7) is 6.16. The number of hydrogen-bond acceptors (Lipinski definition) is 8. The van der Waals surface area contributed by atoms with E-state index in [4.69, 9.17) is 14.3 Å². The van der Waals surface area contributed by atoms with Crippen LogP contribution in [0.5, 0.6) is 0 Å². The van der Waals surface area contributed by atoms with Crippen molar-refractivity contribution < 1.29 is 40.4 Å². The van der Waals surface area contributed by atoms with Crippen LogP contribution >= 0.6 is 0 Å². The maximum Gasteiger partial charge on any atom is 0.389 e. The molecule has 2 fully saturated rings. The zero-order valence-electron chi connectivity index (χ0n) is 29.6. The number of aromatic nitrogens is 1. The monoisotopic (exact) mass is 743 g/mol. The van der Waals surface area contributed by atoms with Crippen molar-refractivity contribution in [3.05, 3.63) is 64.9 Å². The van der Waals surface area contributed by atoms with Gasteiger partial charge in [0.05, 0.1) is 31.0 Å². The van der Waals surface area contributed by atoms with Crippen LogP contribution in [0.25, 0.3) is 11.1 Å². The second-order valence-electron chi connectivity index (χ2n) is 13.9. The lowest BCUT2D eigenvalue weighted by Crippen LogP contribution is -2.55. The van der Waals surface area contributed by atoms with Crippen molar-refractivity contribution >= 4 is 33.5 Å². The van der Waals surface area contributed by atoms with Crippen LogP contribution in [0.4, 0.5) is 19.0 Å². The second kappa shape index (κ2) is 15.0. The van der Waals surface area contributed by atoms with Gasteiger partial charge in [0.15, 0.2) is 11.4 Å². The van der Waals surface area contributed by atoms with Gasteiger partial charge in [-0.2, -0.15) is 13.2 Å². The summed E-state index contributed by atoms with van der Waals surface area (Å²) < 4.78 is 81.3. The van der Waals surface area contributed by atoms with Crippen LogP contribution in [-0.2, 0) is 37.5 Å². The number of alkyl halides is 3. The van der Waals surface area contributed by atoms with Gasteiger partial charge in [-0.25, -0.2) is 8.42 Å². The van der Waals surface area contributed by atoms with E-state index in [0.717, 1.165) is 25.7 Å². The number of rotatable bonds is 12. The number of sulfonamides is 1. The minimum absolute atomic E-state index is 0.00482. The van der Waals surface area contributed by atoms with E-state index < -0.39 is 40.5 Å². The van der Waals surface area contributed by atoms with Crippen LogP contribution in [0, 0.1) is 19.8 Å². The predicted octanol–water partition coefficient (Wildman–Crippen LogP) is 6.93. The minimum atomic E-state index is -4.45. The molecule has 6 rings (SSSR count). The highest BCUT2D eigenvalue weighted by atomic mass is 32.2. The lowest BCUT2D eigenvalue weighted by molar-refractivity contribution is -0.141. The van der Waals surface area contributed by atoms with E-state index in [-0.39, 0.29) is 48.1 Å². The topological polar surface area (TPSA) is 134 Å². The molecular formula is C37H44F3N5O6S. The number of aryl methyl sites for hydroxylation is 1. The molecule has 0 unspecified atom stereocenters. The van der Waals surface area contributed by atoms with Gasteiger partial charge in [0.25, 0.3) is 15.9 Å². The van der Waals surface area contributed by atoms with Crippen molar-refractivity contribution in [3.8, 4) is 11.1 Å². The lowest BCUT2D eigenvalue weighted by atomic mass is 9.88. The third-order valence-electron chi connectivity index (χ3n) is 10.2. The molecule has 11 nitrogen and oxygen atoms in total. The molecule has 1 spiro atoms. The summed E-state index contributed by atoms with van der Waals surface area (Å²) in [6, 6.07) is 11.7. The number of ether oxygens (including phenoxy) is 1. The summed E-state index contributed by atoms with van der Waals surface area (Å²) in [7, 11) is -4.13. The highest BCUT2D eigenvalue weighted by Crippen LogP contribution is 2.38. The lowest BCUT2D eigenvalue weighted by Gasteiger charge is -2.38. The molecule has 1 saturated carbocycles. The molecule has 0 bridgehead atoms. The van der Waals surface area contributed by atoms with Crippen LogP contribution in [0.1, 0.15) is 80.7 Å². The molecule has 1 atom stereocenters. The Bertz CT molecular complexity index is 1960. The summed E-state index contributed by atoms with van der Waals surface area (Å²) >= 11 is 0. The number of benzene rings is 2. The summed E-state index contributed by atoms with van der Waals surface area (Å²) in [5.41, 5.74) is 1.41. The molecule has 3 aromatic rings. The van der Waals surface area contributed by atoms with Crippen molar-refractivity contribution in [3.63, 3.8) is 0 Å². The smallest absolute Gasteiger partial charge is 0.377 e. The first-order chi connectivity index (χ1) is 24.7. The van der Waals surface area contributed by atoms with Crippen LogP contribution in [0.2, 0.25) is 0 Å².